The molecule has 4 rings (SSSR count). The molecule has 1 N–H and O–H groups in total. The topological polar surface area (TPSA) is 65.6 Å². The van der Waals surface area contributed by atoms with Gasteiger partial charge in [-0.05, 0) is 48.5 Å². The molecule has 29 heavy (non-hydrogen) atoms. The lowest BCUT2D eigenvalue weighted by Crippen LogP contribution is -2.34. The summed E-state index contributed by atoms with van der Waals surface area (Å²) in [5.41, 5.74) is 3.73. The molecule has 0 radical (unpaired) electrons. The molecule has 152 valence electrons. The van der Waals surface area contributed by atoms with Crippen molar-refractivity contribution < 1.29 is 18.9 Å². The van der Waals surface area contributed by atoms with Gasteiger partial charge in [-0.1, -0.05) is 13.8 Å². The number of rotatable bonds is 5. The van der Waals surface area contributed by atoms with Crippen LogP contribution in [0.2, 0.25) is 0 Å². The van der Waals surface area contributed by atoms with Crippen LogP contribution < -0.4 is 9.47 Å². The third-order valence-electron chi connectivity index (χ3n) is 4.94. The van der Waals surface area contributed by atoms with Gasteiger partial charge in [-0.15, -0.1) is 0 Å². The highest BCUT2D eigenvalue weighted by Crippen LogP contribution is 2.36. The van der Waals surface area contributed by atoms with E-state index >= 15 is 0 Å². The van der Waals surface area contributed by atoms with E-state index in [2.05, 4.69) is 18.8 Å². The fourth-order valence-corrected chi connectivity index (χ4v) is 3.28. The van der Waals surface area contributed by atoms with Crippen molar-refractivity contribution in [2.45, 2.75) is 20.1 Å². The van der Waals surface area contributed by atoms with Gasteiger partial charge in [-0.3, -0.25) is 0 Å². The number of aromatic nitrogens is 2. The number of benzene rings is 2. The molecule has 1 fully saturated rings. The Morgan fingerprint density at radius 2 is 1.38 bits per heavy atom. The second-order valence-corrected chi connectivity index (χ2v) is 7.92. The molecule has 1 saturated heterocycles. The Bertz CT molecular complexity index is 887. The van der Waals surface area contributed by atoms with Crippen LogP contribution in [0.25, 0.3) is 22.5 Å². The van der Waals surface area contributed by atoms with Gasteiger partial charge >= 0.3 is 0 Å². The predicted molar refractivity (Wildman–Crippen MR) is 111 cm³/mol. The lowest BCUT2D eigenvalue weighted by Gasteiger charge is -2.33. The molecule has 0 amide bonds. The lowest BCUT2D eigenvalue weighted by atomic mass is 9.96. The molecule has 6 heteroatoms. The molecule has 0 saturated carbocycles. The summed E-state index contributed by atoms with van der Waals surface area (Å²) >= 11 is 0. The van der Waals surface area contributed by atoms with Crippen molar-refractivity contribution in [2.24, 2.45) is 5.41 Å². The molecule has 6 nitrogen and oxygen atoms in total. The molecule has 0 aliphatic carbocycles. The molecule has 3 aromatic rings. The Balaban J connectivity index is 1.73. The minimum atomic E-state index is -0.507. The largest absolute Gasteiger partial charge is 0.497 e. The second-order valence-electron chi connectivity index (χ2n) is 7.92. The number of nitrogens with zero attached hydrogens (tertiary/aromatic N) is 1. The number of aromatic amines is 1. The van der Waals surface area contributed by atoms with Gasteiger partial charge in [0.2, 0.25) is 6.29 Å². The quantitative estimate of drug-likeness (QED) is 0.671. The minimum absolute atomic E-state index is 0.000714. The molecule has 1 aliphatic rings. The van der Waals surface area contributed by atoms with Gasteiger partial charge in [0, 0.05) is 16.5 Å². The van der Waals surface area contributed by atoms with E-state index in [0.717, 1.165) is 34.0 Å². The summed E-state index contributed by atoms with van der Waals surface area (Å²) in [4.78, 5) is 8.28. The van der Waals surface area contributed by atoms with Gasteiger partial charge in [0.05, 0.1) is 38.8 Å². The average molecular weight is 394 g/mol. The smallest absolute Gasteiger partial charge is 0.217 e. The van der Waals surface area contributed by atoms with Gasteiger partial charge in [0.15, 0.2) is 5.82 Å². The molecular weight excluding hydrogens is 368 g/mol. The van der Waals surface area contributed by atoms with Gasteiger partial charge in [0.1, 0.15) is 11.5 Å². The minimum Gasteiger partial charge on any atom is -0.497 e. The van der Waals surface area contributed by atoms with Gasteiger partial charge in [-0.2, -0.15) is 0 Å². The van der Waals surface area contributed by atoms with E-state index < -0.39 is 6.29 Å². The highest BCUT2D eigenvalue weighted by molar-refractivity contribution is 5.79. The van der Waals surface area contributed by atoms with Crippen LogP contribution in [0.1, 0.15) is 26.0 Å². The maximum absolute atomic E-state index is 5.94. The zero-order valence-corrected chi connectivity index (χ0v) is 17.2. The molecule has 0 bridgehead atoms. The maximum atomic E-state index is 5.94. The van der Waals surface area contributed by atoms with Gasteiger partial charge in [-0.25, -0.2) is 4.98 Å². The molecule has 0 spiro atoms. The number of hydrogen-bond acceptors (Lipinski definition) is 5. The number of methoxy groups -OCH3 is 2. The summed E-state index contributed by atoms with van der Waals surface area (Å²) in [5, 5.41) is 0. The summed E-state index contributed by atoms with van der Waals surface area (Å²) < 4.78 is 22.4. The molecule has 0 unspecified atom stereocenters. The van der Waals surface area contributed by atoms with Crippen LogP contribution >= 0.6 is 0 Å². The third kappa shape index (κ3) is 4.13. The summed E-state index contributed by atoms with van der Waals surface area (Å²) in [6.45, 7) is 5.48. The first-order valence-electron chi connectivity index (χ1n) is 9.61. The zero-order valence-electron chi connectivity index (χ0n) is 17.2. The molecule has 1 aliphatic heterocycles. The van der Waals surface area contributed by atoms with Gasteiger partial charge in [0.25, 0.3) is 0 Å². The molecular formula is C23H26N2O4. The van der Waals surface area contributed by atoms with Crippen molar-refractivity contribution in [1.29, 1.82) is 0 Å². The zero-order chi connectivity index (χ0) is 20.4. The van der Waals surface area contributed by atoms with Crippen LogP contribution in [0.5, 0.6) is 11.5 Å². The van der Waals surface area contributed by atoms with Crippen LogP contribution in [0.15, 0.2) is 48.5 Å². The Morgan fingerprint density at radius 1 is 0.862 bits per heavy atom. The van der Waals surface area contributed by atoms with E-state index in [9.17, 15) is 0 Å². The Morgan fingerprint density at radius 3 is 1.90 bits per heavy atom. The van der Waals surface area contributed by atoms with Crippen LogP contribution in [-0.4, -0.2) is 37.4 Å². The van der Waals surface area contributed by atoms with Crippen LogP contribution in [0, 0.1) is 5.41 Å². The summed E-state index contributed by atoms with van der Waals surface area (Å²) in [7, 11) is 3.31. The number of nitrogens with one attached hydrogen (secondary N) is 1. The number of H-pyrrole nitrogens is 1. The third-order valence-corrected chi connectivity index (χ3v) is 4.94. The molecule has 2 aromatic carbocycles. The summed E-state index contributed by atoms with van der Waals surface area (Å²) in [6.07, 6.45) is -0.507. The number of ether oxygens (including phenoxy) is 4. The molecule has 0 atom stereocenters. The second kappa shape index (κ2) is 7.89. The van der Waals surface area contributed by atoms with Crippen molar-refractivity contribution in [3.05, 3.63) is 54.4 Å². The van der Waals surface area contributed by atoms with Crippen molar-refractivity contribution in [2.75, 3.05) is 27.4 Å². The van der Waals surface area contributed by atoms with Gasteiger partial charge < -0.3 is 23.9 Å². The highest BCUT2D eigenvalue weighted by Gasteiger charge is 2.31. The monoisotopic (exact) mass is 394 g/mol. The van der Waals surface area contributed by atoms with Crippen LogP contribution in [-0.2, 0) is 9.47 Å². The Kier molecular flexibility index (Phi) is 5.30. The standard InChI is InChI=1S/C23H26N2O4/c1-23(2)13-28-22(29-14-23)21-24-19(15-5-9-17(26-3)10-6-15)20(25-21)16-7-11-18(27-4)12-8-16/h5-12,22H,13-14H2,1-4H3,(H,24,25). The first kappa shape index (κ1) is 19.5. The molecule has 2 heterocycles. The van der Waals surface area contributed by atoms with E-state index in [1.165, 1.54) is 0 Å². The number of hydrogen-bond donors (Lipinski definition) is 1. The van der Waals surface area contributed by atoms with E-state index in [1.807, 2.05) is 48.5 Å². The first-order chi connectivity index (χ1) is 14.0. The molecule has 1 aromatic heterocycles. The lowest BCUT2D eigenvalue weighted by molar-refractivity contribution is -0.229. The number of imidazole rings is 1. The first-order valence-corrected chi connectivity index (χ1v) is 9.61. The predicted octanol–water partition coefficient (Wildman–Crippen LogP) is 4.83. The van der Waals surface area contributed by atoms with E-state index in [-0.39, 0.29) is 5.41 Å². The summed E-state index contributed by atoms with van der Waals surface area (Å²) in [5.74, 6) is 2.27. The van der Waals surface area contributed by atoms with E-state index in [1.54, 1.807) is 14.2 Å². The fourth-order valence-electron chi connectivity index (χ4n) is 3.28. The normalized spacial score (nSPS) is 16.6. The fraction of sp³-hybridized carbons (Fsp3) is 0.348. The Hall–Kier alpha value is -2.83. The van der Waals surface area contributed by atoms with Crippen molar-refractivity contribution in [1.82, 2.24) is 9.97 Å². The van der Waals surface area contributed by atoms with Crippen LogP contribution in [0.3, 0.4) is 0 Å². The SMILES string of the molecule is COc1ccc(-c2nc(C3OCC(C)(C)CO3)[nH]c2-c2ccc(OC)cc2)cc1. The van der Waals surface area contributed by atoms with Crippen LogP contribution in [0.4, 0.5) is 0 Å². The van der Waals surface area contributed by atoms with Crippen molar-refractivity contribution in [3.63, 3.8) is 0 Å². The van der Waals surface area contributed by atoms with E-state index in [4.69, 9.17) is 23.9 Å². The summed E-state index contributed by atoms with van der Waals surface area (Å²) in [6, 6.07) is 15.7. The van der Waals surface area contributed by atoms with E-state index in [0.29, 0.717) is 19.0 Å². The van der Waals surface area contributed by atoms with Crippen molar-refractivity contribution in [3.8, 4) is 34.0 Å². The van der Waals surface area contributed by atoms with Crippen molar-refractivity contribution >= 4 is 0 Å². The Labute approximate surface area is 170 Å². The maximum Gasteiger partial charge on any atom is 0.217 e. The average Bonchev–Trinajstić information content (AvgIpc) is 3.19. The highest BCUT2D eigenvalue weighted by atomic mass is 16.7.